The van der Waals surface area contributed by atoms with Crippen molar-refractivity contribution in [2.75, 3.05) is 5.32 Å². The molecular weight excluding hydrogens is 418 g/mol. The van der Waals surface area contributed by atoms with Crippen molar-refractivity contribution in [2.24, 2.45) is 11.3 Å². The fraction of sp³-hybridized carbons (Fsp3) is 0.435. The number of nitrogens with one attached hydrogen (secondary N) is 1. The first-order valence-corrected chi connectivity index (χ1v) is 11.4. The molecule has 0 saturated heterocycles. The van der Waals surface area contributed by atoms with Crippen LogP contribution in [0.5, 0.6) is 0 Å². The molecule has 0 radical (unpaired) electrons. The number of thiophene rings is 1. The van der Waals surface area contributed by atoms with E-state index in [-0.39, 0.29) is 23.4 Å². The van der Waals surface area contributed by atoms with E-state index in [0.717, 1.165) is 35.2 Å². The van der Waals surface area contributed by atoms with Crippen LogP contribution in [0.3, 0.4) is 0 Å². The minimum atomic E-state index is -0.263. The normalized spacial score (nSPS) is 16.5. The summed E-state index contributed by atoms with van der Waals surface area (Å²) >= 11 is 7.60. The van der Waals surface area contributed by atoms with Gasteiger partial charge < -0.3 is 5.32 Å². The minimum absolute atomic E-state index is 0.0704. The number of carbonyl (C=O) groups is 1. The summed E-state index contributed by atoms with van der Waals surface area (Å²) in [6, 6.07) is 5.28. The summed E-state index contributed by atoms with van der Waals surface area (Å²) in [6.07, 6.45) is 4.46. The van der Waals surface area contributed by atoms with Gasteiger partial charge in [0.15, 0.2) is 0 Å². The molecule has 0 bridgehead atoms. The highest BCUT2D eigenvalue weighted by Crippen LogP contribution is 2.41. The third-order valence-corrected chi connectivity index (χ3v) is 7.43. The lowest BCUT2D eigenvalue weighted by Gasteiger charge is -2.33. The number of halogens is 1. The molecule has 3 aromatic rings. The molecule has 1 N–H and O–H groups in total. The Morgan fingerprint density at radius 3 is 2.83 bits per heavy atom. The summed E-state index contributed by atoms with van der Waals surface area (Å²) < 4.78 is 1.41. The molecule has 1 aromatic carbocycles. The summed E-state index contributed by atoms with van der Waals surface area (Å²) in [4.78, 5) is 32.3. The first-order chi connectivity index (χ1) is 14.1. The van der Waals surface area contributed by atoms with E-state index in [4.69, 9.17) is 11.6 Å². The highest BCUT2D eigenvalue weighted by Gasteiger charge is 2.31. The molecule has 5 nitrogen and oxygen atoms in total. The van der Waals surface area contributed by atoms with Crippen molar-refractivity contribution in [3.63, 3.8) is 0 Å². The van der Waals surface area contributed by atoms with E-state index in [9.17, 15) is 9.59 Å². The average molecular weight is 444 g/mol. The fourth-order valence-corrected chi connectivity index (χ4v) is 5.65. The number of rotatable bonds is 3. The van der Waals surface area contributed by atoms with E-state index in [1.54, 1.807) is 29.5 Å². The number of amides is 1. The van der Waals surface area contributed by atoms with Crippen LogP contribution >= 0.6 is 22.9 Å². The maximum Gasteiger partial charge on any atom is 0.262 e. The Hall–Kier alpha value is -2.18. The Kier molecular flexibility index (Phi) is 5.49. The third-order valence-electron chi connectivity index (χ3n) is 6.04. The van der Waals surface area contributed by atoms with Crippen molar-refractivity contribution >= 4 is 44.7 Å². The smallest absolute Gasteiger partial charge is 0.262 e. The summed E-state index contributed by atoms with van der Waals surface area (Å²) in [5.41, 5.74) is 2.81. The first kappa shape index (κ1) is 21.1. The van der Waals surface area contributed by atoms with Crippen molar-refractivity contribution < 1.29 is 4.79 Å². The van der Waals surface area contributed by atoms with Gasteiger partial charge in [-0.25, -0.2) is 4.98 Å². The van der Waals surface area contributed by atoms with Gasteiger partial charge in [-0.15, -0.1) is 11.3 Å². The van der Waals surface area contributed by atoms with E-state index in [1.165, 1.54) is 15.8 Å². The number of benzene rings is 1. The number of hydrogen-bond donors (Lipinski definition) is 1. The quantitative estimate of drug-likeness (QED) is 0.604. The summed E-state index contributed by atoms with van der Waals surface area (Å²) in [5, 5.41) is 4.17. The SMILES string of the molecule is Cc1cc(Cl)ccc1NC(=O)Cn1cnc2sc3c(c2c1=O)CCC(C(C)(C)C)C3. The zero-order chi connectivity index (χ0) is 21.6. The van der Waals surface area contributed by atoms with Gasteiger partial charge in [0.25, 0.3) is 5.56 Å². The van der Waals surface area contributed by atoms with Crippen LogP contribution in [0.2, 0.25) is 5.02 Å². The molecule has 0 spiro atoms. The number of anilines is 1. The zero-order valence-electron chi connectivity index (χ0n) is 17.7. The van der Waals surface area contributed by atoms with Gasteiger partial charge in [-0.3, -0.25) is 14.2 Å². The minimum Gasteiger partial charge on any atom is -0.324 e. The molecule has 2 aromatic heterocycles. The molecule has 0 aliphatic heterocycles. The van der Waals surface area contributed by atoms with Crippen LogP contribution in [-0.2, 0) is 24.2 Å². The maximum absolute atomic E-state index is 13.2. The highest BCUT2D eigenvalue weighted by molar-refractivity contribution is 7.18. The molecule has 4 rings (SSSR count). The molecule has 0 saturated carbocycles. The monoisotopic (exact) mass is 443 g/mol. The summed E-state index contributed by atoms with van der Waals surface area (Å²) in [6.45, 7) is 8.65. The van der Waals surface area contributed by atoms with Gasteiger partial charge in [0.1, 0.15) is 11.4 Å². The number of fused-ring (bicyclic) bond motifs is 3. The number of carbonyl (C=O) groups excluding carboxylic acids is 1. The van der Waals surface area contributed by atoms with E-state index in [2.05, 4.69) is 31.1 Å². The largest absolute Gasteiger partial charge is 0.324 e. The topological polar surface area (TPSA) is 64.0 Å². The fourth-order valence-electron chi connectivity index (χ4n) is 4.16. The van der Waals surface area contributed by atoms with Crippen LogP contribution in [-0.4, -0.2) is 15.5 Å². The molecular formula is C23H26ClN3O2S. The van der Waals surface area contributed by atoms with Gasteiger partial charge in [-0.2, -0.15) is 0 Å². The molecule has 0 fully saturated rings. The van der Waals surface area contributed by atoms with E-state index in [1.807, 2.05) is 6.92 Å². The zero-order valence-corrected chi connectivity index (χ0v) is 19.3. The second kappa shape index (κ2) is 7.82. The van der Waals surface area contributed by atoms with Gasteiger partial charge >= 0.3 is 0 Å². The van der Waals surface area contributed by atoms with Crippen molar-refractivity contribution in [3.8, 4) is 0 Å². The molecule has 7 heteroatoms. The Balaban J connectivity index is 1.60. The van der Waals surface area contributed by atoms with Crippen LogP contribution in [0.15, 0.2) is 29.3 Å². The number of aryl methyl sites for hydroxylation is 2. The lowest BCUT2D eigenvalue weighted by Crippen LogP contribution is -2.29. The molecule has 2 heterocycles. The maximum atomic E-state index is 13.2. The van der Waals surface area contributed by atoms with Crippen LogP contribution in [0.25, 0.3) is 10.2 Å². The van der Waals surface area contributed by atoms with E-state index in [0.29, 0.717) is 22.0 Å². The predicted molar refractivity (Wildman–Crippen MR) is 124 cm³/mol. The van der Waals surface area contributed by atoms with Gasteiger partial charge in [0, 0.05) is 15.6 Å². The van der Waals surface area contributed by atoms with E-state index < -0.39 is 0 Å². The number of hydrogen-bond acceptors (Lipinski definition) is 4. The molecule has 1 aliphatic rings. The average Bonchev–Trinajstić information content (AvgIpc) is 3.04. The Morgan fingerprint density at radius 2 is 2.13 bits per heavy atom. The van der Waals surface area contributed by atoms with Crippen LogP contribution in [0.4, 0.5) is 5.69 Å². The van der Waals surface area contributed by atoms with Crippen LogP contribution in [0, 0.1) is 18.3 Å². The molecule has 30 heavy (non-hydrogen) atoms. The van der Waals surface area contributed by atoms with Crippen LogP contribution in [0.1, 0.15) is 43.2 Å². The molecule has 1 unspecified atom stereocenters. The molecule has 1 amide bonds. The van der Waals surface area contributed by atoms with E-state index >= 15 is 0 Å². The lowest BCUT2D eigenvalue weighted by molar-refractivity contribution is -0.116. The van der Waals surface area contributed by atoms with Gasteiger partial charge in [0.05, 0.1) is 11.7 Å². The number of aromatic nitrogens is 2. The number of nitrogens with zero attached hydrogens (tertiary/aromatic N) is 2. The first-order valence-electron chi connectivity index (χ1n) is 10.2. The van der Waals surface area contributed by atoms with Crippen molar-refractivity contribution in [1.82, 2.24) is 9.55 Å². The Bertz CT molecular complexity index is 1190. The molecule has 1 aliphatic carbocycles. The summed E-state index contributed by atoms with van der Waals surface area (Å²) in [5.74, 6) is 0.342. The Labute approximate surface area is 185 Å². The Morgan fingerprint density at radius 1 is 1.37 bits per heavy atom. The third kappa shape index (κ3) is 4.03. The second-order valence-electron chi connectivity index (χ2n) is 9.17. The van der Waals surface area contributed by atoms with Crippen molar-refractivity contribution in [1.29, 1.82) is 0 Å². The highest BCUT2D eigenvalue weighted by atomic mass is 35.5. The van der Waals surface area contributed by atoms with Gasteiger partial charge in [-0.1, -0.05) is 32.4 Å². The van der Waals surface area contributed by atoms with Gasteiger partial charge in [0.2, 0.25) is 5.91 Å². The second-order valence-corrected chi connectivity index (χ2v) is 10.7. The predicted octanol–water partition coefficient (Wildman–Crippen LogP) is 5.21. The van der Waals surface area contributed by atoms with Crippen molar-refractivity contribution in [3.05, 3.63) is 55.9 Å². The standard InChI is InChI=1S/C23H26ClN3O2S/c1-13-9-15(24)6-8-17(13)26-19(28)11-27-12-25-21-20(22(27)29)16-7-5-14(23(2,3)4)10-18(16)30-21/h6,8-9,12,14H,5,7,10-11H2,1-4H3,(H,26,28). The van der Waals surface area contributed by atoms with Crippen molar-refractivity contribution in [2.45, 2.75) is 53.5 Å². The molecule has 158 valence electrons. The lowest BCUT2D eigenvalue weighted by atomic mass is 9.72. The molecule has 1 atom stereocenters. The van der Waals surface area contributed by atoms with Gasteiger partial charge in [-0.05, 0) is 66.8 Å². The van der Waals surface area contributed by atoms with Crippen LogP contribution < -0.4 is 10.9 Å². The summed E-state index contributed by atoms with van der Waals surface area (Å²) in [7, 11) is 0.